The Bertz CT molecular complexity index is 517. The Kier molecular flexibility index (Phi) is 3.46. The van der Waals surface area contributed by atoms with E-state index in [1.165, 1.54) is 0 Å². The van der Waals surface area contributed by atoms with Crippen LogP contribution >= 0.6 is 0 Å². The second kappa shape index (κ2) is 4.78. The van der Waals surface area contributed by atoms with Crippen molar-refractivity contribution >= 4 is 11.8 Å². The summed E-state index contributed by atoms with van der Waals surface area (Å²) in [6.07, 6.45) is 0.604. The summed E-state index contributed by atoms with van der Waals surface area (Å²) in [6, 6.07) is 0. The Labute approximate surface area is 132 Å². The molecule has 0 amide bonds. The molecule has 1 heterocycles. The second-order valence-corrected chi connectivity index (χ2v) is 8.15. The van der Waals surface area contributed by atoms with Gasteiger partial charge in [-0.2, -0.15) is 0 Å². The maximum Gasteiger partial charge on any atom is 0.313 e. The van der Waals surface area contributed by atoms with Crippen molar-refractivity contribution in [1.82, 2.24) is 4.90 Å². The molecular weight excluding hydrogens is 282 g/mol. The molecule has 0 radical (unpaired) electrons. The fourth-order valence-corrected chi connectivity index (χ4v) is 5.28. The predicted octanol–water partition coefficient (Wildman–Crippen LogP) is 1.09. The van der Waals surface area contributed by atoms with Crippen molar-refractivity contribution in [3.63, 3.8) is 0 Å². The Balaban J connectivity index is 2.08. The van der Waals surface area contributed by atoms with Crippen LogP contribution in [0.2, 0.25) is 0 Å². The van der Waals surface area contributed by atoms with Crippen LogP contribution in [0.4, 0.5) is 0 Å². The summed E-state index contributed by atoms with van der Waals surface area (Å²) in [5, 5.41) is 11.5. The van der Waals surface area contributed by atoms with Crippen LogP contribution in [0.5, 0.6) is 0 Å². The molecule has 2 saturated carbocycles. The number of ether oxygens (including phenoxy) is 1. The first-order chi connectivity index (χ1) is 10.1. The van der Waals surface area contributed by atoms with Crippen LogP contribution in [0.15, 0.2) is 0 Å². The average Bonchev–Trinajstić information content (AvgIpc) is 2.87. The van der Waals surface area contributed by atoms with Crippen molar-refractivity contribution in [2.24, 2.45) is 29.1 Å². The first-order valence-electron chi connectivity index (χ1n) is 8.26. The minimum atomic E-state index is -1.26. The number of nitrogens with zero attached hydrogens (tertiary/aromatic N) is 1. The molecule has 22 heavy (non-hydrogen) atoms. The van der Waals surface area contributed by atoms with Crippen molar-refractivity contribution in [3.8, 4) is 0 Å². The zero-order valence-corrected chi connectivity index (χ0v) is 14.1. The van der Waals surface area contributed by atoms with Gasteiger partial charge in [-0.05, 0) is 45.7 Å². The van der Waals surface area contributed by atoms with E-state index < -0.39 is 23.0 Å². The van der Waals surface area contributed by atoms with Crippen molar-refractivity contribution in [3.05, 3.63) is 0 Å². The normalized spacial score (nSPS) is 47.3. The number of fused-ring (bicyclic) bond motifs is 4. The molecule has 3 aliphatic rings. The number of rotatable bonds is 3. The summed E-state index contributed by atoms with van der Waals surface area (Å²) in [5.74, 6) is -1.02. The Morgan fingerprint density at radius 3 is 2.55 bits per heavy atom. The summed E-state index contributed by atoms with van der Waals surface area (Å²) in [5.41, 5.74) is -2.14. The van der Waals surface area contributed by atoms with Crippen LogP contribution in [-0.4, -0.2) is 54.1 Å². The van der Waals surface area contributed by atoms with E-state index in [1.807, 2.05) is 39.8 Å². The van der Waals surface area contributed by atoms with Crippen LogP contribution in [0.1, 0.15) is 33.6 Å². The van der Waals surface area contributed by atoms with Gasteiger partial charge in [-0.25, -0.2) is 0 Å². The minimum absolute atomic E-state index is 0.0626. The third-order valence-corrected chi connectivity index (χ3v) is 6.46. The summed E-state index contributed by atoms with van der Waals surface area (Å²) in [7, 11) is 3.95. The van der Waals surface area contributed by atoms with Gasteiger partial charge in [-0.3, -0.25) is 9.59 Å². The van der Waals surface area contributed by atoms with Crippen LogP contribution in [0.3, 0.4) is 0 Å². The van der Waals surface area contributed by atoms with E-state index in [0.717, 1.165) is 13.0 Å². The molecule has 0 aromatic heterocycles. The molecule has 3 rings (SSSR count). The lowest BCUT2D eigenvalue weighted by molar-refractivity contribution is -0.177. The van der Waals surface area contributed by atoms with E-state index in [4.69, 9.17) is 4.74 Å². The number of ketones is 1. The number of Topliss-reactive ketones (excluding diaryl/α,β-unsaturated/α-hetero) is 1. The molecule has 5 nitrogen and oxygen atoms in total. The highest BCUT2D eigenvalue weighted by molar-refractivity contribution is 5.99. The molecule has 1 N–H and O–H groups in total. The smallest absolute Gasteiger partial charge is 0.313 e. The summed E-state index contributed by atoms with van der Waals surface area (Å²) >= 11 is 0. The van der Waals surface area contributed by atoms with Crippen LogP contribution in [0.25, 0.3) is 0 Å². The molecule has 5 heteroatoms. The van der Waals surface area contributed by atoms with E-state index >= 15 is 0 Å². The minimum Gasteiger partial charge on any atom is -0.454 e. The lowest BCUT2D eigenvalue weighted by Crippen LogP contribution is -2.65. The molecule has 0 spiro atoms. The second-order valence-electron chi connectivity index (χ2n) is 8.15. The third-order valence-electron chi connectivity index (χ3n) is 6.46. The van der Waals surface area contributed by atoms with Gasteiger partial charge in [0.2, 0.25) is 0 Å². The summed E-state index contributed by atoms with van der Waals surface area (Å²) < 4.78 is 5.43. The van der Waals surface area contributed by atoms with Crippen molar-refractivity contribution < 1.29 is 19.4 Å². The molecular formula is C17H27NO4. The van der Waals surface area contributed by atoms with Gasteiger partial charge in [-0.15, -0.1) is 0 Å². The topological polar surface area (TPSA) is 66.8 Å². The van der Waals surface area contributed by atoms with Crippen molar-refractivity contribution in [1.29, 1.82) is 0 Å². The number of esters is 1. The monoisotopic (exact) mass is 309 g/mol. The van der Waals surface area contributed by atoms with E-state index in [-0.39, 0.29) is 29.5 Å². The average molecular weight is 309 g/mol. The highest BCUT2D eigenvalue weighted by Gasteiger charge is 2.75. The van der Waals surface area contributed by atoms with E-state index in [0.29, 0.717) is 6.42 Å². The molecule has 6 atom stereocenters. The largest absolute Gasteiger partial charge is 0.454 e. The van der Waals surface area contributed by atoms with Gasteiger partial charge in [-0.1, -0.05) is 13.8 Å². The first-order valence-corrected chi connectivity index (χ1v) is 8.26. The van der Waals surface area contributed by atoms with Gasteiger partial charge in [0.1, 0.15) is 0 Å². The van der Waals surface area contributed by atoms with Crippen LogP contribution in [0, 0.1) is 29.1 Å². The molecule has 0 unspecified atom stereocenters. The fraction of sp³-hybridized carbons (Fsp3) is 0.882. The quantitative estimate of drug-likeness (QED) is 0.791. The maximum atomic E-state index is 13.2. The highest BCUT2D eigenvalue weighted by atomic mass is 16.6. The van der Waals surface area contributed by atoms with E-state index in [1.54, 1.807) is 0 Å². The lowest BCUT2D eigenvalue weighted by atomic mass is 9.53. The van der Waals surface area contributed by atoms with Gasteiger partial charge < -0.3 is 14.7 Å². The zero-order valence-electron chi connectivity index (χ0n) is 14.1. The standard InChI is InChI=1S/C17H27NO4/c1-9(2)11-12-15(20)22-13(11)14(19)16(3)10(8-18(4)5)6-7-17(12,16)21/h9-13,21H,6-8H2,1-5H3/t10-,11-,12-,13-,16-,17-/m0/s1. The van der Waals surface area contributed by atoms with Gasteiger partial charge in [0, 0.05) is 12.5 Å². The molecule has 2 aliphatic carbocycles. The van der Waals surface area contributed by atoms with Crippen molar-refractivity contribution in [2.75, 3.05) is 20.6 Å². The molecule has 124 valence electrons. The Morgan fingerprint density at radius 1 is 1.36 bits per heavy atom. The molecule has 3 fully saturated rings. The number of carbonyl (C=O) groups is 2. The fourth-order valence-electron chi connectivity index (χ4n) is 5.28. The summed E-state index contributed by atoms with van der Waals surface area (Å²) in [6.45, 7) is 6.59. The zero-order chi connectivity index (χ0) is 16.4. The van der Waals surface area contributed by atoms with E-state index in [2.05, 4.69) is 0 Å². The number of carbonyl (C=O) groups excluding carboxylic acids is 2. The molecule has 1 aliphatic heterocycles. The summed E-state index contributed by atoms with van der Waals surface area (Å²) in [4.78, 5) is 27.6. The highest BCUT2D eigenvalue weighted by Crippen LogP contribution is 2.63. The SMILES string of the molecule is CC(C)[C@@H]1[C@@H]2OC(=O)[C@H]1[C@@]1(O)CC[C@@H](CN(C)C)[C@@]1(C)C2=O. The number of hydrogen-bond acceptors (Lipinski definition) is 5. The molecule has 0 aromatic rings. The molecule has 0 aromatic carbocycles. The van der Waals surface area contributed by atoms with Crippen molar-refractivity contribution in [2.45, 2.75) is 45.3 Å². The Morgan fingerprint density at radius 2 is 2.00 bits per heavy atom. The molecule has 1 saturated heterocycles. The van der Waals surface area contributed by atoms with E-state index in [9.17, 15) is 14.7 Å². The lowest BCUT2D eigenvalue weighted by Gasteiger charge is -2.50. The van der Waals surface area contributed by atoms with Crippen LogP contribution < -0.4 is 0 Å². The number of hydrogen-bond donors (Lipinski definition) is 1. The van der Waals surface area contributed by atoms with Gasteiger partial charge >= 0.3 is 5.97 Å². The van der Waals surface area contributed by atoms with Gasteiger partial charge in [0.15, 0.2) is 11.9 Å². The number of aliphatic hydroxyl groups is 1. The Hall–Kier alpha value is -0.940. The molecule has 2 bridgehead atoms. The first kappa shape index (κ1) is 15.9. The van der Waals surface area contributed by atoms with Crippen LogP contribution in [-0.2, 0) is 14.3 Å². The third kappa shape index (κ3) is 1.72. The van der Waals surface area contributed by atoms with Gasteiger partial charge in [0.25, 0.3) is 0 Å². The van der Waals surface area contributed by atoms with Gasteiger partial charge in [0.05, 0.1) is 16.9 Å². The maximum absolute atomic E-state index is 13.2. The predicted molar refractivity (Wildman–Crippen MR) is 81.0 cm³/mol.